The highest BCUT2D eigenvalue weighted by Crippen LogP contribution is 2.15. The van der Waals surface area contributed by atoms with E-state index in [0.29, 0.717) is 15.6 Å². The molecule has 1 heterocycles. The number of halogens is 1. The number of hydrogen-bond acceptors (Lipinski definition) is 4. The van der Waals surface area contributed by atoms with E-state index in [0.717, 1.165) is 7.05 Å². The fraction of sp³-hybridized carbons (Fsp3) is 0.667. The SMILES string of the molecule is CN(C(=O)O)C(=O)N1CCCS1(=O)=O.Cl. The maximum atomic E-state index is 11.3. The largest absolute Gasteiger partial charge is 0.465 e. The van der Waals surface area contributed by atoms with Crippen LogP contribution in [0.15, 0.2) is 0 Å². The number of carboxylic acid groups (broad SMARTS) is 1. The number of nitrogens with zero attached hydrogens (tertiary/aromatic N) is 2. The minimum absolute atomic E-state index is 0. The Morgan fingerprint density at radius 2 is 1.93 bits per heavy atom. The van der Waals surface area contributed by atoms with Crippen molar-refractivity contribution in [3.63, 3.8) is 0 Å². The van der Waals surface area contributed by atoms with Crippen molar-refractivity contribution in [2.75, 3.05) is 19.3 Å². The lowest BCUT2D eigenvalue weighted by Crippen LogP contribution is -2.44. The molecule has 0 aromatic heterocycles. The zero-order chi connectivity index (χ0) is 10.9. The molecule has 0 aromatic carbocycles. The van der Waals surface area contributed by atoms with Gasteiger partial charge in [-0.3, -0.25) is 0 Å². The van der Waals surface area contributed by atoms with Crippen LogP contribution in [0.1, 0.15) is 6.42 Å². The zero-order valence-electron chi connectivity index (χ0n) is 7.91. The monoisotopic (exact) mass is 258 g/mol. The van der Waals surface area contributed by atoms with E-state index in [4.69, 9.17) is 5.11 Å². The van der Waals surface area contributed by atoms with Crippen molar-refractivity contribution < 1.29 is 23.1 Å². The quantitative estimate of drug-likeness (QED) is 0.668. The predicted octanol–water partition coefficient (Wildman–Crippen LogP) is 0.174. The van der Waals surface area contributed by atoms with Gasteiger partial charge in [0.2, 0.25) is 10.0 Å². The summed E-state index contributed by atoms with van der Waals surface area (Å²) in [5.41, 5.74) is 0. The molecule has 0 unspecified atom stereocenters. The van der Waals surface area contributed by atoms with Crippen LogP contribution < -0.4 is 0 Å². The molecule has 0 spiro atoms. The summed E-state index contributed by atoms with van der Waals surface area (Å²) < 4.78 is 23.0. The number of rotatable bonds is 0. The Hall–Kier alpha value is -1.02. The lowest BCUT2D eigenvalue weighted by atomic mass is 10.5. The van der Waals surface area contributed by atoms with Gasteiger partial charge in [0.1, 0.15) is 0 Å². The Morgan fingerprint density at radius 3 is 2.27 bits per heavy atom. The molecule has 0 radical (unpaired) electrons. The summed E-state index contributed by atoms with van der Waals surface area (Å²) in [6, 6.07) is -1.02. The van der Waals surface area contributed by atoms with Crippen LogP contribution in [0.2, 0.25) is 0 Å². The van der Waals surface area contributed by atoms with Gasteiger partial charge in [-0.15, -0.1) is 12.4 Å². The maximum Gasteiger partial charge on any atom is 0.415 e. The predicted molar refractivity (Wildman–Crippen MR) is 53.5 cm³/mol. The van der Waals surface area contributed by atoms with Gasteiger partial charge in [-0.2, -0.15) is 0 Å². The Bertz CT molecular complexity index is 368. The first-order chi connectivity index (χ1) is 6.36. The van der Waals surface area contributed by atoms with E-state index in [1.165, 1.54) is 0 Å². The zero-order valence-corrected chi connectivity index (χ0v) is 9.55. The first-order valence-electron chi connectivity index (χ1n) is 3.87. The highest BCUT2D eigenvalue weighted by atomic mass is 35.5. The number of imide groups is 1. The second-order valence-corrected chi connectivity index (χ2v) is 4.88. The molecule has 1 aliphatic heterocycles. The van der Waals surface area contributed by atoms with E-state index in [1.807, 2.05) is 0 Å². The number of amides is 3. The molecule has 88 valence electrons. The molecule has 1 saturated heterocycles. The van der Waals surface area contributed by atoms with Crippen LogP contribution in [0.4, 0.5) is 9.59 Å². The summed E-state index contributed by atoms with van der Waals surface area (Å²) in [4.78, 5) is 22.0. The Labute approximate surface area is 93.1 Å². The van der Waals surface area contributed by atoms with E-state index in [9.17, 15) is 18.0 Å². The molecular weight excluding hydrogens is 248 g/mol. The van der Waals surface area contributed by atoms with Gasteiger partial charge in [-0.05, 0) is 6.42 Å². The van der Waals surface area contributed by atoms with Gasteiger partial charge in [0.25, 0.3) is 0 Å². The molecule has 0 aliphatic carbocycles. The number of sulfonamides is 1. The topological polar surface area (TPSA) is 95.0 Å². The van der Waals surface area contributed by atoms with E-state index >= 15 is 0 Å². The van der Waals surface area contributed by atoms with E-state index in [2.05, 4.69) is 0 Å². The van der Waals surface area contributed by atoms with Crippen LogP contribution in [0.25, 0.3) is 0 Å². The van der Waals surface area contributed by atoms with Crippen molar-refractivity contribution in [2.45, 2.75) is 6.42 Å². The highest BCUT2D eigenvalue weighted by Gasteiger charge is 2.35. The molecule has 9 heteroatoms. The molecule has 1 rings (SSSR count). The average molecular weight is 259 g/mol. The lowest BCUT2D eigenvalue weighted by Gasteiger charge is -2.19. The van der Waals surface area contributed by atoms with Crippen LogP contribution in [-0.4, -0.2) is 54.2 Å². The van der Waals surface area contributed by atoms with Crippen molar-refractivity contribution in [1.29, 1.82) is 0 Å². The van der Waals surface area contributed by atoms with Crippen LogP contribution in [0.5, 0.6) is 0 Å². The first-order valence-corrected chi connectivity index (χ1v) is 5.48. The Balaban J connectivity index is 0.00000196. The van der Waals surface area contributed by atoms with Crippen molar-refractivity contribution in [3.8, 4) is 0 Å². The third-order valence-corrected chi connectivity index (χ3v) is 3.70. The second-order valence-electron chi connectivity index (χ2n) is 2.87. The van der Waals surface area contributed by atoms with Gasteiger partial charge in [0.15, 0.2) is 0 Å². The summed E-state index contributed by atoms with van der Waals surface area (Å²) in [6.07, 6.45) is -1.13. The normalized spacial score (nSPS) is 18.1. The van der Waals surface area contributed by atoms with Gasteiger partial charge in [0.05, 0.1) is 5.75 Å². The fourth-order valence-electron chi connectivity index (χ4n) is 1.10. The Kier molecular flexibility index (Phi) is 4.35. The van der Waals surface area contributed by atoms with Crippen molar-refractivity contribution in [3.05, 3.63) is 0 Å². The van der Waals surface area contributed by atoms with Gasteiger partial charge in [-0.1, -0.05) is 0 Å². The van der Waals surface area contributed by atoms with E-state index < -0.39 is 22.1 Å². The minimum atomic E-state index is -3.59. The molecule has 1 aliphatic rings. The fourth-order valence-corrected chi connectivity index (χ4v) is 2.59. The summed E-state index contributed by atoms with van der Waals surface area (Å²) in [5.74, 6) is -0.105. The van der Waals surface area contributed by atoms with Gasteiger partial charge in [-0.25, -0.2) is 27.2 Å². The third kappa shape index (κ3) is 2.72. The first kappa shape index (κ1) is 14.0. The number of carbonyl (C=O) groups excluding carboxylic acids is 1. The third-order valence-electron chi connectivity index (χ3n) is 1.89. The second kappa shape index (κ2) is 4.67. The van der Waals surface area contributed by atoms with E-state index in [1.54, 1.807) is 0 Å². The van der Waals surface area contributed by atoms with Crippen LogP contribution in [0, 0.1) is 0 Å². The molecule has 0 bridgehead atoms. The maximum absolute atomic E-state index is 11.3. The summed E-state index contributed by atoms with van der Waals surface area (Å²) >= 11 is 0. The summed E-state index contributed by atoms with van der Waals surface area (Å²) in [5, 5.41) is 8.47. The van der Waals surface area contributed by atoms with Crippen LogP contribution >= 0.6 is 12.4 Å². The van der Waals surface area contributed by atoms with Crippen LogP contribution in [-0.2, 0) is 10.0 Å². The van der Waals surface area contributed by atoms with Gasteiger partial charge >= 0.3 is 12.1 Å². The molecule has 7 nitrogen and oxygen atoms in total. The van der Waals surface area contributed by atoms with Crippen molar-refractivity contribution >= 4 is 34.6 Å². The van der Waals surface area contributed by atoms with Crippen molar-refractivity contribution in [1.82, 2.24) is 9.21 Å². The highest BCUT2D eigenvalue weighted by molar-refractivity contribution is 7.89. The molecule has 1 fully saturated rings. The molecule has 15 heavy (non-hydrogen) atoms. The number of urea groups is 1. The van der Waals surface area contributed by atoms with Crippen LogP contribution in [0.3, 0.4) is 0 Å². The molecule has 1 N–H and O–H groups in total. The number of carbonyl (C=O) groups is 2. The lowest BCUT2D eigenvalue weighted by molar-refractivity contribution is 0.150. The molecule has 0 atom stereocenters. The van der Waals surface area contributed by atoms with Crippen molar-refractivity contribution in [2.24, 2.45) is 0 Å². The number of hydrogen-bond donors (Lipinski definition) is 1. The average Bonchev–Trinajstić information content (AvgIpc) is 2.42. The summed E-state index contributed by atoms with van der Waals surface area (Å²) in [6.45, 7) is 0.0544. The summed E-state index contributed by atoms with van der Waals surface area (Å²) in [7, 11) is -2.57. The standard InChI is InChI=1S/C6H10N2O5S.ClH/c1-7(6(10)11)5(9)8-3-2-4-14(8,12)13;/h2-4H2,1H3,(H,10,11);1H. The van der Waals surface area contributed by atoms with E-state index in [-0.39, 0.29) is 24.7 Å². The molecule has 3 amide bonds. The van der Waals surface area contributed by atoms with Gasteiger partial charge < -0.3 is 5.11 Å². The van der Waals surface area contributed by atoms with Gasteiger partial charge in [0, 0.05) is 13.6 Å². The molecular formula is C6H11ClN2O5S. The Morgan fingerprint density at radius 1 is 1.40 bits per heavy atom. The molecule has 0 saturated carbocycles. The molecule has 0 aromatic rings. The smallest absolute Gasteiger partial charge is 0.415 e. The minimum Gasteiger partial charge on any atom is -0.465 e.